The van der Waals surface area contributed by atoms with Crippen LogP contribution in [-0.4, -0.2) is 53.7 Å². The normalized spacial score (nSPS) is 19.6. The van der Waals surface area contributed by atoms with Crippen LogP contribution in [0.25, 0.3) is 11.1 Å². The van der Waals surface area contributed by atoms with Gasteiger partial charge in [0.1, 0.15) is 11.6 Å². The van der Waals surface area contributed by atoms with Gasteiger partial charge in [-0.15, -0.1) is 0 Å². The van der Waals surface area contributed by atoms with Crippen LogP contribution >= 0.6 is 11.6 Å². The standard InChI is InChI=1S/C20H21ClF2N4O2/c1-11(28)26-5-7-27(8-6-26)20-12-9-13(21)16(18(23)19(12)24-10-25-20)17-14(22)3-2-4-15(17)29/h2-4,9,20,24-25,29H,5-8,10H2,1H3. The smallest absolute Gasteiger partial charge is 0.219 e. The van der Waals surface area contributed by atoms with Crippen LogP contribution in [-0.2, 0) is 4.79 Å². The van der Waals surface area contributed by atoms with Gasteiger partial charge in [-0.2, -0.15) is 0 Å². The number of piperazine rings is 1. The fourth-order valence-corrected chi connectivity index (χ4v) is 4.28. The maximum atomic E-state index is 15.4. The lowest BCUT2D eigenvalue weighted by Crippen LogP contribution is -2.53. The van der Waals surface area contributed by atoms with Crippen molar-refractivity contribution in [1.82, 2.24) is 15.1 Å². The molecule has 0 spiro atoms. The molecule has 1 atom stereocenters. The van der Waals surface area contributed by atoms with Crippen molar-refractivity contribution in [3.05, 3.63) is 46.5 Å². The van der Waals surface area contributed by atoms with Crippen molar-refractivity contribution in [2.75, 3.05) is 38.2 Å². The van der Waals surface area contributed by atoms with E-state index in [0.717, 1.165) is 6.07 Å². The van der Waals surface area contributed by atoms with Gasteiger partial charge in [0, 0.05) is 44.2 Å². The Morgan fingerprint density at radius 2 is 1.93 bits per heavy atom. The van der Waals surface area contributed by atoms with Crippen molar-refractivity contribution in [3.8, 4) is 16.9 Å². The molecule has 0 aliphatic carbocycles. The Labute approximate surface area is 172 Å². The molecule has 154 valence electrons. The molecule has 2 aliphatic rings. The minimum absolute atomic E-state index is 0.0134. The number of phenolic OH excluding ortho intramolecular Hbond substituents is 1. The van der Waals surface area contributed by atoms with Gasteiger partial charge in [0.2, 0.25) is 5.91 Å². The Bertz CT molecular complexity index is 944. The number of halogens is 3. The molecule has 1 amide bonds. The van der Waals surface area contributed by atoms with E-state index in [1.807, 2.05) is 0 Å². The first-order valence-electron chi connectivity index (χ1n) is 9.35. The number of hydrogen-bond acceptors (Lipinski definition) is 5. The van der Waals surface area contributed by atoms with Crippen molar-refractivity contribution < 1.29 is 18.7 Å². The van der Waals surface area contributed by atoms with Crippen molar-refractivity contribution in [2.24, 2.45) is 0 Å². The van der Waals surface area contributed by atoms with Crippen LogP contribution in [0.15, 0.2) is 24.3 Å². The number of hydrogen-bond donors (Lipinski definition) is 3. The quantitative estimate of drug-likeness (QED) is 0.694. The van der Waals surface area contributed by atoms with Crippen LogP contribution in [0.4, 0.5) is 14.5 Å². The summed E-state index contributed by atoms with van der Waals surface area (Å²) in [5.41, 5.74) is 0.403. The Balaban J connectivity index is 1.72. The number of rotatable bonds is 2. The molecule has 1 unspecified atom stereocenters. The lowest BCUT2D eigenvalue weighted by molar-refractivity contribution is -0.131. The van der Waals surface area contributed by atoms with Gasteiger partial charge in [-0.05, 0) is 18.2 Å². The summed E-state index contributed by atoms with van der Waals surface area (Å²) in [7, 11) is 0. The van der Waals surface area contributed by atoms with Gasteiger partial charge in [0.15, 0.2) is 5.82 Å². The molecular weight excluding hydrogens is 402 g/mol. The molecule has 2 aliphatic heterocycles. The van der Waals surface area contributed by atoms with E-state index in [-0.39, 0.29) is 39.7 Å². The summed E-state index contributed by atoms with van der Waals surface area (Å²) in [4.78, 5) is 15.5. The molecule has 2 heterocycles. The molecule has 29 heavy (non-hydrogen) atoms. The highest BCUT2D eigenvalue weighted by atomic mass is 35.5. The first kappa shape index (κ1) is 19.9. The van der Waals surface area contributed by atoms with E-state index in [1.54, 1.807) is 17.9 Å². The van der Waals surface area contributed by atoms with E-state index in [4.69, 9.17) is 11.6 Å². The zero-order valence-electron chi connectivity index (χ0n) is 15.8. The van der Waals surface area contributed by atoms with Crippen molar-refractivity contribution in [2.45, 2.75) is 13.1 Å². The van der Waals surface area contributed by atoms with Gasteiger partial charge in [0.25, 0.3) is 0 Å². The summed E-state index contributed by atoms with van der Waals surface area (Å²) in [6.07, 6.45) is -0.296. The number of carbonyl (C=O) groups is 1. The maximum absolute atomic E-state index is 15.4. The Morgan fingerprint density at radius 1 is 1.21 bits per heavy atom. The van der Waals surface area contributed by atoms with E-state index < -0.39 is 11.6 Å². The molecule has 0 radical (unpaired) electrons. The monoisotopic (exact) mass is 422 g/mol. The second-order valence-corrected chi connectivity index (χ2v) is 7.56. The molecule has 4 rings (SSSR count). The van der Waals surface area contributed by atoms with Gasteiger partial charge in [0.05, 0.1) is 29.1 Å². The van der Waals surface area contributed by atoms with Gasteiger partial charge in [-0.25, -0.2) is 8.78 Å². The zero-order valence-corrected chi connectivity index (χ0v) is 16.6. The highest BCUT2D eigenvalue weighted by Gasteiger charge is 2.33. The summed E-state index contributed by atoms with van der Waals surface area (Å²) in [6.45, 7) is 4.30. The van der Waals surface area contributed by atoms with E-state index in [1.165, 1.54) is 12.1 Å². The van der Waals surface area contributed by atoms with Gasteiger partial charge in [-0.3, -0.25) is 15.0 Å². The molecule has 0 bridgehead atoms. The molecule has 2 aromatic rings. The third-order valence-corrected chi connectivity index (χ3v) is 5.77. The number of phenols is 1. The van der Waals surface area contributed by atoms with Crippen LogP contribution in [0, 0.1) is 11.6 Å². The molecule has 1 saturated heterocycles. The number of nitrogens with zero attached hydrogens (tertiary/aromatic N) is 2. The lowest BCUT2D eigenvalue weighted by atomic mass is 9.97. The SMILES string of the molecule is CC(=O)N1CCN(C2NCNc3c2cc(Cl)c(-c2c(O)cccc2F)c3F)CC1. The first-order valence-corrected chi connectivity index (χ1v) is 9.73. The highest BCUT2D eigenvalue weighted by molar-refractivity contribution is 6.33. The number of aromatic hydroxyl groups is 1. The molecule has 0 saturated carbocycles. The van der Waals surface area contributed by atoms with Crippen LogP contribution < -0.4 is 10.6 Å². The molecule has 3 N–H and O–H groups in total. The summed E-state index contributed by atoms with van der Waals surface area (Å²) < 4.78 is 29.8. The second-order valence-electron chi connectivity index (χ2n) is 7.15. The summed E-state index contributed by atoms with van der Waals surface area (Å²) in [6, 6.07) is 5.39. The van der Waals surface area contributed by atoms with Crippen LogP contribution in [0.2, 0.25) is 5.02 Å². The topological polar surface area (TPSA) is 67.8 Å². The number of anilines is 1. The number of benzene rings is 2. The third-order valence-electron chi connectivity index (χ3n) is 5.47. The Morgan fingerprint density at radius 3 is 2.59 bits per heavy atom. The molecule has 6 nitrogen and oxygen atoms in total. The number of fused-ring (bicyclic) bond motifs is 1. The second kappa shape index (κ2) is 7.78. The Kier molecular flexibility index (Phi) is 5.33. The van der Waals surface area contributed by atoms with Crippen molar-refractivity contribution >= 4 is 23.2 Å². The lowest BCUT2D eigenvalue weighted by Gasteiger charge is -2.42. The zero-order chi connectivity index (χ0) is 20.7. The summed E-state index contributed by atoms with van der Waals surface area (Å²) in [5.74, 6) is -1.80. The minimum Gasteiger partial charge on any atom is -0.507 e. The molecular formula is C20H21ClF2N4O2. The van der Waals surface area contributed by atoms with E-state index in [2.05, 4.69) is 15.5 Å². The van der Waals surface area contributed by atoms with Gasteiger partial charge < -0.3 is 15.3 Å². The maximum Gasteiger partial charge on any atom is 0.219 e. The molecule has 0 aromatic heterocycles. The highest BCUT2D eigenvalue weighted by Crippen LogP contribution is 2.44. The fourth-order valence-electron chi connectivity index (χ4n) is 3.99. The van der Waals surface area contributed by atoms with Gasteiger partial charge >= 0.3 is 0 Å². The van der Waals surface area contributed by atoms with Crippen LogP contribution in [0.1, 0.15) is 18.7 Å². The van der Waals surface area contributed by atoms with E-state index in [9.17, 15) is 14.3 Å². The predicted molar refractivity (Wildman–Crippen MR) is 107 cm³/mol. The Hall–Kier alpha value is -2.42. The summed E-state index contributed by atoms with van der Waals surface area (Å²) >= 11 is 6.37. The number of nitrogens with one attached hydrogen (secondary N) is 2. The van der Waals surface area contributed by atoms with Crippen molar-refractivity contribution in [3.63, 3.8) is 0 Å². The number of amides is 1. The minimum atomic E-state index is -0.753. The third kappa shape index (κ3) is 3.52. The average molecular weight is 423 g/mol. The molecule has 1 fully saturated rings. The molecule has 2 aromatic carbocycles. The predicted octanol–water partition coefficient (Wildman–Crippen LogP) is 3.13. The summed E-state index contributed by atoms with van der Waals surface area (Å²) in [5, 5.41) is 16.3. The van der Waals surface area contributed by atoms with Crippen molar-refractivity contribution in [1.29, 1.82) is 0 Å². The van der Waals surface area contributed by atoms with Crippen LogP contribution in [0.5, 0.6) is 5.75 Å². The molecule has 9 heteroatoms. The largest absolute Gasteiger partial charge is 0.507 e. The first-order chi connectivity index (χ1) is 13.9. The fraction of sp³-hybridized carbons (Fsp3) is 0.350. The van der Waals surface area contributed by atoms with E-state index in [0.29, 0.717) is 38.4 Å². The van der Waals surface area contributed by atoms with Crippen LogP contribution in [0.3, 0.4) is 0 Å². The number of carbonyl (C=O) groups excluding carboxylic acids is 1. The van der Waals surface area contributed by atoms with Gasteiger partial charge in [-0.1, -0.05) is 17.7 Å². The van der Waals surface area contributed by atoms with E-state index >= 15 is 4.39 Å². The average Bonchev–Trinajstić information content (AvgIpc) is 2.70.